The van der Waals surface area contributed by atoms with E-state index < -0.39 is 0 Å². The zero-order valence-electron chi connectivity index (χ0n) is 17.9. The van der Waals surface area contributed by atoms with Gasteiger partial charge in [-0.05, 0) is 63.8 Å². The third-order valence-electron chi connectivity index (χ3n) is 6.54. The van der Waals surface area contributed by atoms with Crippen LogP contribution in [0.3, 0.4) is 0 Å². The van der Waals surface area contributed by atoms with Crippen LogP contribution in [0, 0.1) is 0 Å². The molecule has 6 nitrogen and oxygen atoms in total. The van der Waals surface area contributed by atoms with Gasteiger partial charge in [0.1, 0.15) is 5.69 Å². The van der Waals surface area contributed by atoms with E-state index in [0.29, 0.717) is 17.8 Å². The Labute approximate surface area is 173 Å². The van der Waals surface area contributed by atoms with Gasteiger partial charge in [-0.15, -0.1) is 0 Å². The smallest absolute Gasteiger partial charge is 0.270 e. The largest absolute Gasteiger partial charge is 0.382 e. The van der Waals surface area contributed by atoms with Crippen LogP contribution in [0.5, 0.6) is 0 Å². The van der Waals surface area contributed by atoms with E-state index in [2.05, 4.69) is 47.2 Å². The fourth-order valence-corrected chi connectivity index (χ4v) is 4.60. The van der Waals surface area contributed by atoms with Gasteiger partial charge in [0, 0.05) is 62.0 Å². The Morgan fingerprint density at radius 2 is 1.83 bits per heavy atom. The summed E-state index contributed by atoms with van der Waals surface area (Å²) >= 11 is 0. The summed E-state index contributed by atoms with van der Waals surface area (Å²) in [5.74, 6) is 0.0892. The first kappa shape index (κ1) is 20.2. The molecule has 4 rings (SSSR count). The molecule has 0 aliphatic carbocycles. The lowest BCUT2D eigenvalue weighted by atomic mass is 10.0. The summed E-state index contributed by atoms with van der Waals surface area (Å²) in [5.41, 5.74) is 2.83. The third-order valence-corrected chi connectivity index (χ3v) is 6.54. The number of methoxy groups -OCH3 is 1. The molecule has 1 aromatic heterocycles. The highest BCUT2D eigenvalue weighted by Gasteiger charge is 2.25. The Bertz CT molecular complexity index is 831. The first-order chi connectivity index (χ1) is 14.0. The van der Waals surface area contributed by atoms with Gasteiger partial charge in [0.2, 0.25) is 0 Å². The number of benzene rings is 1. The van der Waals surface area contributed by atoms with Crippen LogP contribution in [0.2, 0.25) is 0 Å². The van der Waals surface area contributed by atoms with Crippen molar-refractivity contribution in [2.75, 3.05) is 38.6 Å². The van der Waals surface area contributed by atoms with E-state index in [1.165, 1.54) is 12.8 Å². The maximum absolute atomic E-state index is 12.9. The normalized spacial score (nSPS) is 19.9. The molecule has 3 heterocycles. The molecule has 2 N–H and O–H groups in total. The molecule has 2 aliphatic rings. The lowest BCUT2D eigenvalue weighted by Gasteiger charge is -2.35. The summed E-state index contributed by atoms with van der Waals surface area (Å²) in [6, 6.07) is 9.50. The second kappa shape index (κ2) is 8.76. The molecule has 2 aliphatic heterocycles. The molecule has 1 amide bonds. The number of rotatable bonds is 5. The monoisotopic (exact) mass is 398 g/mol. The second-order valence-corrected chi connectivity index (χ2v) is 8.76. The van der Waals surface area contributed by atoms with Gasteiger partial charge in [0.25, 0.3) is 5.91 Å². The van der Waals surface area contributed by atoms with Crippen LogP contribution in [-0.4, -0.2) is 72.2 Å². The van der Waals surface area contributed by atoms with Crippen LogP contribution in [0.15, 0.2) is 24.3 Å². The molecule has 6 heteroatoms. The molecular formula is C23H34N4O2. The number of anilines is 1. The number of H-pyrrole nitrogens is 1. The van der Waals surface area contributed by atoms with Gasteiger partial charge >= 0.3 is 0 Å². The summed E-state index contributed by atoms with van der Waals surface area (Å²) in [6.07, 6.45) is 4.44. The number of carbonyl (C=O) groups is 1. The molecule has 0 unspecified atom stereocenters. The Balaban J connectivity index is 1.40. The van der Waals surface area contributed by atoms with E-state index >= 15 is 0 Å². The van der Waals surface area contributed by atoms with Gasteiger partial charge in [0.15, 0.2) is 0 Å². The number of amides is 1. The molecule has 0 saturated carbocycles. The van der Waals surface area contributed by atoms with Crippen molar-refractivity contribution in [1.29, 1.82) is 0 Å². The minimum atomic E-state index is 0.0892. The van der Waals surface area contributed by atoms with Crippen molar-refractivity contribution in [1.82, 2.24) is 14.8 Å². The predicted molar refractivity (Wildman–Crippen MR) is 118 cm³/mol. The number of ether oxygens (including phenoxy) is 1. The number of nitrogens with zero attached hydrogens (tertiary/aromatic N) is 2. The average Bonchev–Trinajstić information content (AvgIpc) is 3.17. The molecule has 2 aromatic rings. The minimum absolute atomic E-state index is 0.0892. The Morgan fingerprint density at radius 1 is 1.10 bits per heavy atom. The van der Waals surface area contributed by atoms with Gasteiger partial charge in [-0.1, -0.05) is 0 Å². The number of nitrogens with one attached hydrogen (secondary N) is 2. The maximum Gasteiger partial charge on any atom is 0.270 e. The number of aromatic nitrogens is 1. The molecule has 2 saturated heterocycles. The van der Waals surface area contributed by atoms with Crippen LogP contribution in [0.1, 0.15) is 50.0 Å². The van der Waals surface area contributed by atoms with Gasteiger partial charge in [-0.25, -0.2) is 0 Å². The quantitative estimate of drug-likeness (QED) is 0.806. The first-order valence-corrected chi connectivity index (χ1v) is 11.0. The van der Waals surface area contributed by atoms with Crippen LogP contribution >= 0.6 is 0 Å². The summed E-state index contributed by atoms with van der Waals surface area (Å²) in [7, 11) is 1.75. The zero-order valence-corrected chi connectivity index (χ0v) is 17.9. The predicted octanol–water partition coefficient (Wildman–Crippen LogP) is 3.70. The van der Waals surface area contributed by atoms with Gasteiger partial charge < -0.3 is 24.8 Å². The van der Waals surface area contributed by atoms with Crippen LogP contribution < -0.4 is 5.32 Å². The lowest BCUT2D eigenvalue weighted by molar-refractivity contribution is 0.0348. The van der Waals surface area contributed by atoms with E-state index in [1.807, 2.05) is 11.0 Å². The van der Waals surface area contributed by atoms with E-state index in [0.717, 1.165) is 55.6 Å². The third kappa shape index (κ3) is 4.59. The number of likely N-dealkylation sites (tertiary alicyclic amines) is 2. The van der Waals surface area contributed by atoms with Crippen molar-refractivity contribution < 1.29 is 9.53 Å². The maximum atomic E-state index is 12.9. The molecular weight excluding hydrogens is 364 g/mol. The Hall–Kier alpha value is -2.05. The van der Waals surface area contributed by atoms with Crippen LogP contribution in [-0.2, 0) is 4.74 Å². The molecule has 29 heavy (non-hydrogen) atoms. The van der Waals surface area contributed by atoms with Crippen LogP contribution in [0.4, 0.5) is 5.69 Å². The van der Waals surface area contributed by atoms with Gasteiger partial charge in [-0.2, -0.15) is 0 Å². The highest BCUT2D eigenvalue weighted by Crippen LogP contribution is 2.24. The number of fused-ring (bicyclic) bond motifs is 1. The second-order valence-electron chi connectivity index (χ2n) is 8.76. The summed E-state index contributed by atoms with van der Waals surface area (Å²) in [6.45, 7) is 8.36. The van der Waals surface area contributed by atoms with Crippen molar-refractivity contribution in [2.24, 2.45) is 0 Å². The van der Waals surface area contributed by atoms with Crippen molar-refractivity contribution in [2.45, 2.75) is 57.7 Å². The van der Waals surface area contributed by atoms with E-state index in [9.17, 15) is 4.79 Å². The van der Waals surface area contributed by atoms with Gasteiger partial charge in [-0.3, -0.25) is 4.79 Å². The highest BCUT2D eigenvalue weighted by atomic mass is 16.5. The lowest BCUT2D eigenvalue weighted by Crippen LogP contribution is -2.42. The number of carbonyl (C=O) groups excluding carboxylic acids is 1. The number of piperidine rings is 2. The fourth-order valence-electron chi connectivity index (χ4n) is 4.60. The average molecular weight is 399 g/mol. The summed E-state index contributed by atoms with van der Waals surface area (Å²) in [5, 5.41) is 4.78. The molecule has 0 radical (unpaired) electrons. The fraction of sp³-hybridized carbons (Fsp3) is 0.609. The number of hydrogen-bond acceptors (Lipinski definition) is 4. The highest BCUT2D eigenvalue weighted by molar-refractivity contribution is 5.98. The molecule has 2 fully saturated rings. The summed E-state index contributed by atoms with van der Waals surface area (Å²) in [4.78, 5) is 20.7. The molecule has 158 valence electrons. The van der Waals surface area contributed by atoms with E-state index in [4.69, 9.17) is 4.74 Å². The molecule has 1 aromatic carbocycles. The molecule has 0 bridgehead atoms. The Kier molecular flexibility index (Phi) is 6.11. The molecule has 0 spiro atoms. The van der Waals surface area contributed by atoms with Crippen molar-refractivity contribution in [3.63, 3.8) is 0 Å². The topological polar surface area (TPSA) is 60.6 Å². The minimum Gasteiger partial charge on any atom is -0.382 e. The number of aromatic amines is 1. The van der Waals surface area contributed by atoms with E-state index in [-0.39, 0.29) is 12.0 Å². The number of hydrogen-bond donors (Lipinski definition) is 2. The SMILES string of the molecule is COC1CCN(C(=O)c2cc3cc(NC4CCN(C(C)C)CC4)ccc3[nH]2)CC1. The van der Waals surface area contributed by atoms with Crippen LogP contribution in [0.25, 0.3) is 10.9 Å². The van der Waals surface area contributed by atoms with Gasteiger partial charge in [0.05, 0.1) is 6.10 Å². The zero-order chi connectivity index (χ0) is 20.4. The van der Waals surface area contributed by atoms with E-state index in [1.54, 1.807) is 7.11 Å². The van der Waals surface area contributed by atoms with Crippen molar-refractivity contribution in [3.05, 3.63) is 30.0 Å². The summed E-state index contributed by atoms with van der Waals surface area (Å²) < 4.78 is 5.41. The first-order valence-electron chi connectivity index (χ1n) is 11.0. The molecule has 0 atom stereocenters. The van der Waals surface area contributed by atoms with Crippen molar-refractivity contribution >= 4 is 22.5 Å². The van der Waals surface area contributed by atoms with Crippen molar-refractivity contribution in [3.8, 4) is 0 Å². The Morgan fingerprint density at radius 3 is 2.48 bits per heavy atom. The standard InChI is InChI=1S/C23H34N4O2/c1-16(2)26-10-6-18(7-11-26)24-19-4-5-21-17(14-19)15-22(25-21)23(28)27-12-8-20(29-3)9-13-27/h4-5,14-16,18,20,24-25H,6-13H2,1-3H3.